The molecule has 2 aromatic carbocycles. The van der Waals surface area contributed by atoms with Crippen LogP contribution < -0.4 is 15.4 Å². The predicted octanol–water partition coefficient (Wildman–Crippen LogP) is 4.18. The fraction of sp³-hybridized carbons (Fsp3) is 0.458. The van der Waals surface area contributed by atoms with Gasteiger partial charge in [-0.05, 0) is 55.0 Å². The van der Waals surface area contributed by atoms with Crippen molar-refractivity contribution in [3.05, 3.63) is 74.6 Å². The van der Waals surface area contributed by atoms with Crippen LogP contribution in [0.1, 0.15) is 42.9 Å². The molecule has 0 bridgehead atoms. The van der Waals surface area contributed by atoms with Gasteiger partial charge in [0.05, 0.1) is 12.1 Å². The summed E-state index contributed by atoms with van der Waals surface area (Å²) in [5, 5.41) is 20.7. The molecule has 0 radical (unpaired) electrons. The van der Waals surface area contributed by atoms with Gasteiger partial charge < -0.3 is 20.5 Å². The van der Waals surface area contributed by atoms with Crippen molar-refractivity contribution in [3.8, 4) is 5.75 Å². The number of hydrogen-bond acceptors (Lipinski definition) is 5. The molecule has 1 fully saturated rings. The van der Waals surface area contributed by atoms with Crippen LogP contribution in [0.15, 0.2) is 58.1 Å². The molecular weight excluding hydrogens is 486 g/mol. The van der Waals surface area contributed by atoms with Crippen molar-refractivity contribution in [2.75, 3.05) is 13.1 Å². The second-order valence-corrected chi connectivity index (χ2v) is 9.72. The summed E-state index contributed by atoms with van der Waals surface area (Å²) in [4.78, 5) is 14.9. The molecule has 8 nitrogen and oxygen atoms in total. The molecule has 0 saturated heterocycles. The maximum atomic E-state index is 12.2. The maximum Gasteiger partial charge on any atom is 0.226 e. The Labute approximate surface area is 201 Å². The molecule has 1 aliphatic carbocycles. The van der Waals surface area contributed by atoms with Gasteiger partial charge in [-0.3, -0.25) is 4.79 Å². The number of nitrogens with zero attached hydrogens (tertiary/aromatic N) is 3. The van der Waals surface area contributed by atoms with E-state index < -0.39 is 18.1 Å². The normalized spacial score (nSPS) is 19.9. The summed E-state index contributed by atoms with van der Waals surface area (Å²) >= 11 is 3.55. The minimum Gasteiger partial charge on any atom is -0.487 e. The number of benzene rings is 2. The minimum atomic E-state index is -0.837. The Morgan fingerprint density at radius 2 is 2.09 bits per heavy atom. The highest BCUT2D eigenvalue weighted by Crippen LogP contribution is 2.49. The third kappa shape index (κ3) is 5.86. The molecular formula is C24H28BrN5O3. The molecule has 3 atom stereocenters. The fourth-order valence-corrected chi connectivity index (χ4v) is 4.98. The van der Waals surface area contributed by atoms with Crippen LogP contribution in [0.25, 0.3) is 10.4 Å². The van der Waals surface area contributed by atoms with Crippen LogP contribution in [0.3, 0.4) is 0 Å². The minimum absolute atomic E-state index is 0.0393. The van der Waals surface area contributed by atoms with E-state index in [0.717, 1.165) is 47.0 Å². The van der Waals surface area contributed by atoms with E-state index in [1.165, 1.54) is 0 Å². The number of ether oxygens (including phenoxy) is 1. The first-order chi connectivity index (χ1) is 16.0. The molecule has 1 saturated carbocycles. The van der Waals surface area contributed by atoms with Gasteiger partial charge in [-0.25, -0.2) is 0 Å². The van der Waals surface area contributed by atoms with Crippen molar-refractivity contribution in [1.29, 1.82) is 0 Å². The molecule has 33 heavy (non-hydrogen) atoms. The van der Waals surface area contributed by atoms with E-state index in [2.05, 4.69) is 42.7 Å². The van der Waals surface area contributed by atoms with Crippen molar-refractivity contribution in [2.24, 2.45) is 5.11 Å². The van der Waals surface area contributed by atoms with Crippen molar-refractivity contribution < 1.29 is 14.6 Å². The van der Waals surface area contributed by atoms with E-state index in [1.807, 2.05) is 42.5 Å². The van der Waals surface area contributed by atoms with Crippen molar-refractivity contribution >= 4 is 21.8 Å². The Hall–Kier alpha value is -2.58. The molecule has 1 spiro atoms. The maximum absolute atomic E-state index is 12.2. The smallest absolute Gasteiger partial charge is 0.226 e. The SMILES string of the molecule is [N-]=[N+]=NCC(=O)N[C@@H](Cc1ccccc1)[C@H](O)CN[C@H]1CC2(CCC2)Oc2ccc(Br)cc21. The molecule has 1 heterocycles. The summed E-state index contributed by atoms with van der Waals surface area (Å²) in [6, 6.07) is 15.2. The molecule has 4 rings (SSSR count). The van der Waals surface area contributed by atoms with Gasteiger partial charge in [0.2, 0.25) is 5.91 Å². The summed E-state index contributed by atoms with van der Waals surface area (Å²) in [7, 11) is 0. The second kappa shape index (κ2) is 10.6. The first-order valence-electron chi connectivity index (χ1n) is 11.2. The number of fused-ring (bicyclic) bond motifs is 1. The lowest BCUT2D eigenvalue weighted by atomic mass is 9.73. The predicted molar refractivity (Wildman–Crippen MR) is 129 cm³/mol. The number of carbonyl (C=O) groups is 1. The van der Waals surface area contributed by atoms with E-state index in [1.54, 1.807) is 0 Å². The Morgan fingerprint density at radius 1 is 1.30 bits per heavy atom. The molecule has 174 valence electrons. The van der Waals surface area contributed by atoms with E-state index in [0.29, 0.717) is 13.0 Å². The molecule has 3 N–H and O–H groups in total. The third-order valence-electron chi connectivity index (χ3n) is 6.47. The molecule has 1 aliphatic heterocycles. The number of hydrogen-bond donors (Lipinski definition) is 3. The Morgan fingerprint density at radius 3 is 2.79 bits per heavy atom. The topological polar surface area (TPSA) is 119 Å². The average molecular weight is 514 g/mol. The van der Waals surface area contributed by atoms with E-state index in [9.17, 15) is 9.90 Å². The van der Waals surface area contributed by atoms with Crippen LogP contribution in [-0.4, -0.2) is 41.9 Å². The summed E-state index contributed by atoms with van der Waals surface area (Å²) < 4.78 is 7.32. The number of nitrogens with one attached hydrogen (secondary N) is 2. The summed E-state index contributed by atoms with van der Waals surface area (Å²) in [5.74, 6) is 0.473. The van der Waals surface area contributed by atoms with Gasteiger partial charge in [0, 0.05) is 34.0 Å². The molecule has 2 aliphatic rings. The lowest BCUT2D eigenvalue weighted by molar-refractivity contribution is -0.121. The monoisotopic (exact) mass is 513 g/mol. The Balaban J connectivity index is 1.46. The van der Waals surface area contributed by atoms with Gasteiger partial charge in [-0.2, -0.15) is 0 Å². The fourth-order valence-electron chi connectivity index (χ4n) is 4.61. The highest BCUT2D eigenvalue weighted by atomic mass is 79.9. The molecule has 9 heteroatoms. The first kappa shape index (κ1) is 23.6. The van der Waals surface area contributed by atoms with Gasteiger partial charge in [0.1, 0.15) is 17.9 Å². The lowest BCUT2D eigenvalue weighted by Gasteiger charge is -2.48. The molecule has 2 aromatic rings. The zero-order valence-corrected chi connectivity index (χ0v) is 19.9. The quantitative estimate of drug-likeness (QED) is 0.264. The van der Waals surface area contributed by atoms with Gasteiger partial charge in [0.25, 0.3) is 0 Å². The molecule has 0 aromatic heterocycles. The largest absolute Gasteiger partial charge is 0.487 e. The highest BCUT2D eigenvalue weighted by Gasteiger charge is 2.45. The van der Waals surface area contributed by atoms with Crippen molar-refractivity contribution in [2.45, 2.75) is 55.9 Å². The van der Waals surface area contributed by atoms with Crippen LogP contribution in [0.4, 0.5) is 0 Å². The second-order valence-electron chi connectivity index (χ2n) is 8.81. The summed E-state index contributed by atoms with van der Waals surface area (Å²) in [5.41, 5.74) is 10.4. The summed E-state index contributed by atoms with van der Waals surface area (Å²) in [6.07, 6.45) is 3.71. The van der Waals surface area contributed by atoms with Crippen molar-refractivity contribution in [1.82, 2.24) is 10.6 Å². The number of carbonyl (C=O) groups excluding carboxylic acids is 1. The summed E-state index contributed by atoms with van der Waals surface area (Å²) in [6.45, 7) is -0.00216. The third-order valence-corrected chi connectivity index (χ3v) is 6.97. The van der Waals surface area contributed by atoms with E-state index in [-0.39, 0.29) is 18.2 Å². The van der Waals surface area contributed by atoms with Gasteiger partial charge in [-0.15, -0.1) is 0 Å². The number of amides is 1. The molecule has 0 unspecified atom stereocenters. The standard InChI is InChI=1S/C24H28BrN5O3/c25-17-7-8-22-18(12-17)20(13-24(33-22)9-4-10-24)27-14-21(31)19(29-23(32)15-28-30-26)11-16-5-2-1-3-6-16/h1-3,5-8,12,19-21,27,31H,4,9-11,13-15H2,(H,29,32)/t19-,20-,21+/m0/s1. The number of halogens is 1. The van der Waals surface area contributed by atoms with Gasteiger partial charge in [0.15, 0.2) is 0 Å². The average Bonchev–Trinajstić information content (AvgIpc) is 2.80. The van der Waals surface area contributed by atoms with Crippen LogP contribution >= 0.6 is 15.9 Å². The van der Waals surface area contributed by atoms with Gasteiger partial charge in [-0.1, -0.05) is 51.4 Å². The lowest BCUT2D eigenvalue weighted by Crippen LogP contribution is -2.52. The van der Waals surface area contributed by atoms with Crippen LogP contribution in [0, 0.1) is 0 Å². The molecule has 1 amide bonds. The van der Waals surface area contributed by atoms with E-state index >= 15 is 0 Å². The zero-order valence-electron chi connectivity index (χ0n) is 18.3. The first-order valence-corrected chi connectivity index (χ1v) is 12.0. The zero-order chi connectivity index (χ0) is 23.3. The highest BCUT2D eigenvalue weighted by molar-refractivity contribution is 9.10. The number of rotatable bonds is 9. The number of aliphatic hydroxyl groups is 1. The Kier molecular flexibility index (Phi) is 7.55. The van der Waals surface area contributed by atoms with Crippen LogP contribution in [0.2, 0.25) is 0 Å². The number of azide groups is 1. The van der Waals surface area contributed by atoms with Crippen LogP contribution in [0.5, 0.6) is 5.75 Å². The van der Waals surface area contributed by atoms with Crippen LogP contribution in [-0.2, 0) is 11.2 Å². The van der Waals surface area contributed by atoms with Crippen molar-refractivity contribution in [3.63, 3.8) is 0 Å². The Bertz CT molecular complexity index is 1020. The van der Waals surface area contributed by atoms with Gasteiger partial charge >= 0.3 is 0 Å². The van der Waals surface area contributed by atoms with E-state index in [4.69, 9.17) is 10.3 Å². The number of aliphatic hydroxyl groups excluding tert-OH is 1.